The van der Waals surface area contributed by atoms with Crippen molar-refractivity contribution in [1.29, 1.82) is 0 Å². The lowest BCUT2D eigenvalue weighted by molar-refractivity contribution is -0.129. The normalized spacial score (nSPS) is 25.7. The molecule has 16 heavy (non-hydrogen) atoms. The minimum atomic E-state index is -1.93. The average Bonchev–Trinajstić information content (AvgIpc) is 2.56. The standard InChI is InChI=1S/C11H16FN3O/c1-8(16)11(12)7-5-3-4-6-9-10(11)13-14-15(9)2/h3-7H2,1-2H3. The third-order valence-corrected chi connectivity index (χ3v) is 3.31. The van der Waals surface area contributed by atoms with Gasteiger partial charge in [-0.1, -0.05) is 11.6 Å². The summed E-state index contributed by atoms with van der Waals surface area (Å²) >= 11 is 0. The minimum Gasteiger partial charge on any atom is -0.296 e. The van der Waals surface area contributed by atoms with Gasteiger partial charge in [0, 0.05) is 7.05 Å². The van der Waals surface area contributed by atoms with Crippen molar-refractivity contribution in [3.63, 3.8) is 0 Å². The van der Waals surface area contributed by atoms with Gasteiger partial charge in [-0.2, -0.15) is 0 Å². The molecule has 0 fully saturated rings. The Labute approximate surface area is 93.8 Å². The zero-order chi connectivity index (χ0) is 11.8. The fourth-order valence-corrected chi connectivity index (χ4v) is 2.26. The number of rotatable bonds is 1. The van der Waals surface area contributed by atoms with Crippen LogP contribution in [0, 0.1) is 0 Å². The first-order chi connectivity index (χ1) is 7.55. The highest BCUT2D eigenvalue weighted by molar-refractivity contribution is 5.86. The van der Waals surface area contributed by atoms with E-state index in [9.17, 15) is 9.18 Å². The summed E-state index contributed by atoms with van der Waals surface area (Å²) in [6, 6.07) is 0. The molecule has 5 heteroatoms. The molecule has 0 bridgehead atoms. The second-order valence-electron chi connectivity index (χ2n) is 4.43. The van der Waals surface area contributed by atoms with E-state index in [4.69, 9.17) is 0 Å². The molecule has 0 saturated carbocycles. The molecule has 0 saturated heterocycles. The number of Topliss-reactive ketones (excluding diaryl/α,β-unsaturated/α-hetero) is 1. The Kier molecular flexibility index (Phi) is 2.78. The Morgan fingerprint density at radius 2 is 2.19 bits per heavy atom. The summed E-state index contributed by atoms with van der Waals surface area (Å²) < 4.78 is 16.3. The fourth-order valence-electron chi connectivity index (χ4n) is 2.26. The van der Waals surface area contributed by atoms with Gasteiger partial charge in [-0.15, -0.1) is 5.10 Å². The maximum atomic E-state index is 14.7. The van der Waals surface area contributed by atoms with Crippen LogP contribution in [0.1, 0.15) is 44.0 Å². The number of carbonyl (C=O) groups excluding carboxylic acids is 1. The number of ketones is 1. The topological polar surface area (TPSA) is 47.8 Å². The predicted octanol–water partition coefficient (Wildman–Crippen LogP) is 1.69. The molecule has 0 amide bonds. The Morgan fingerprint density at radius 3 is 2.88 bits per heavy atom. The number of aromatic nitrogens is 3. The molecule has 0 aliphatic heterocycles. The summed E-state index contributed by atoms with van der Waals surface area (Å²) in [6.07, 6.45) is 3.66. The van der Waals surface area contributed by atoms with Gasteiger partial charge in [0.1, 0.15) is 5.69 Å². The molecule has 1 aliphatic rings. The number of carbonyl (C=O) groups is 1. The first kappa shape index (κ1) is 11.2. The molecular weight excluding hydrogens is 209 g/mol. The van der Waals surface area contributed by atoms with E-state index in [0.29, 0.717) is 0 Å². The van der Waals surface area contributed by atoms with Gasteiger partial charge >= 0.3 is 0 Å². The van der Waals surface area contributed by atoms with Crippen molar-refractivity contribution in [3.8, 4) is 0 Å². The molecular formula is C11H16FN3O. The van der Waals surface area contributed by atoms with Gasteiger partial charge in [0.05, 0.1) is 5.69 Å². The van der Waals surface area contributed by atoms with Gasteiger partial charge in [0.15, 0.2) is 5.78 Å². The first-order valence-corrected chi connectivity index (χ1v) is 5.64. The average molecular weight is 225 g/mol. The molecule has 1 aromatic rings. The van der Waals surface area contributed by atoms with Crippen LogP contribution in [-0.2, 0) is 23.9 Å². The Hall–Kier alpha value is -1.26. The van der Waals surface area contributed by atoms with E-state index >= 15 is 0 Å². The maximum absolute atomic E-state index is 14.7. The number of hydrogen-bond donors (Lipinski definition) is 0. The largest absolute Gasteiger partial charge is 0.296 e. The maximum Gasteiger partial charge on any atom is 0.213 e. The SMILES string of the molecule is CC(=O)C1(F)CCCCCc2c1nnn2C. The second kappa shape index (κ2) is 3.96. The number of aryl methyl sites for hydroxylation is 1. The van der Waals surface area contributed by atoms with Crippen molar-refractivity contribution in [2.75, 3.05) is 0 Å². The van der Waals surface area contributed by atoms with Crippen LogP contribution in [-0.4, -0.2) is 20.8 Å². The number of nitrogens with zero attached hydrogens (tertiary/aromatic N) is 3. The lowest BCUT2D eigenvalue weighted by atomic mass is 9.86. The van der Waals surface area contributed by atoms with Crippen LogP contribution >= 0.6 is 0 Å². The van der Waals surface area contributed by atoms with E-state index in [1.54, 1.807) is 11.7 Å². The van der Waals surface area contributed by atoms with Crippen molar-refractivity contribution in [2.24, 2.45) is 7.05 Å². The second-order valence-corrected chi connectivity index (χ2v) is 4.43. The molecule has 0 N–H and O–H groups in total. The lowest BCUT2D eigenvalue weighted by Crippen LogP contribution is -2.31. The number of alkyl halides is 1. The van der Waals surface area contributed by atoms with Crippen LogP contribution < -0.4 is 0 Å². The van der Waals surface area contributed by atoms with Crippen LogP contribution in [0.15, 0.2) is 0 Å². The summed E-state index contributed by atoms with van der Waals surface area (Å²) in [4.78, 5) is 11.5. The van der Waals surface area contributed by atoms with Crippen LogP contribution in [0.2, 0.25) is 0 Å². The summed E-state index contributed by atoms with van der Waals surface area (Å²) in [5.74, 6) is -0.462. The Balaban J connectivity index is 2.52. The smallest absolute Gasteiger partial charge is 0.213 e. The van der Waals surface area contributed by atoms with Gasteiger partial charge in [-0.3, -0.25) is 9.48 Å². The highest BCUT2D eigenvalue weighted by Gasteiger charge is 2.42. The zero-order valence-electron chi connectivity index (χ0n) is 9.66. The van der Waals surface area contributed by atoms with Crippen LogP contribution in [0.25, 0.3) is 0 Å². The van der Waals surface area contributed by atoms with E-state index in [-0.39, 0.29) is 12.1 Å². The van der Waals surface area contributed by atoms with Crippen molar-refractivity contribution in [2.45, 2.75) is 44.7 Å². The van der Waals surface area contributed by atoms with E-state index < -0.39 is 11.5 Å². The van der Waals surface area contributed by atoms with E-state index in [1.165, 1.54) is 6.92 Å². The third kappa shape index (κ3) is 1.64. The van der Waals surface area contributed by atoms with Crippen molar-refractivity contribution in [3.05, 3.63) is 11.4 Å². The highest BCUT2D eigenvalue weighted by Crippen LogP contribution is 2.36. The molecule has 0 spiro atoms. The molecule has 1 aliphatic carbocycles. The number of halogens is 1. The van der Waals surface area contributed by atoms with Gasteiger partial charge < -0.3 is 0 Å². The molecule has 4 nitrogen and oxygen atoms in total. The summed E-state index contributed by atoms with van der Waals surface area (Å²) in [7, 11) is 1.74. The summed E-state index contributed by atoms with van der Waals surface area (Å²) in [5, 5.41) is 7.68. The van der Waals surface area contributed by atoms with Crippen molar-refractivity contribution >= 4 is 5.78 Å². The number of fused-ring (bicyclic) bond motifs is 1. The molecule has 1 heterocycles. The molecule has 1 atom stereocenters. The summed E-state index contributed by atoms with van der Waals surface area (Å²) in [5.41, 5.74) is -0.927. The van der Waals surface area contributed by atoms with Gasteiger partial charge in [-0.05, 0) is 32.6 Å². The van der Waals surface area contributed by atoms with Crippen LogP contribution in [0.5, 0.6) is 0 Å². The van der Waals surface area contributed by atoms with Gasteiger partial charge in [-0.25, -0.2) is 4.39 Å². The first-order valence-electron chi connectivity index (χ1n) is 5.64. The molecule has 1 unspecified atom stereocenters. The number of hydrogen-bond acceptors (Lipinski definition) is 3. The highest BCUT2D eigenvalue weighted by atomic mass is 19.1. The molecule has 88 valence electrons. The van der Waals surface area contributed by atoms with Crippen molar-refractivity contribution < 1.29 is 9.18 Å². The van der Waals surface area contributed by atoms with Gasteiger partial charge in [0.2, 0.25) is 5.67 Å². The Bertz CT molecular complexity index is 415. The van der Waals surface area contributed by atoms with Crippen LogP contribution in [0.4, 0.5) is 4.39 Å². The summed E-state index contributed by atoms with van der Waals surface area (Å²) in [6.45, 7) is 1.29. The van der Waals surface area contributed by atoms with Gasteiger partial charge in [0.25, 0.3) is 0 Å². The quantitative estimate of drug-likeness (QED) is 0.730. The molecule has 2 rings (SSSR count). The van der Waals surface area contributed by atoms with E-state index in [0.717, 1.165) is 31.4 Å². The minimum absolute atomic E-state index is 0.230. The van der Waals surface area contributed by atoms with Crippen LogP contribution in [0.3, 0.4) is 0 Å². The zero-order valence-corrected chi connectivity index (χ0v) is 9.66. The van der Waals surface area contributed by atoms with Crippen molar-refractivity contribution in [1.82, 2.24) is 15.0 Å². The molecule has 0 aromatic carbocycles. The molecule has 0 radical (unpaired) electrons. The lowest BCUT2D eigenvalue weighted by Gasteiger charge is -2.23. The molecule has 1 aromatic heterocycles. The fraction of sp³-hybridized carbons (Fsp3) is 0.727. The predicted molar refractivity (Wildman–Crippen MR) is 56.6 cm³/mol. The van der Waals surface area contributed by atoms with E-state index in [1.807, 2.05) is 0 Å². The monoisotopic (exact) mass is 225 g/mol. The Morgan fingerprint density at radius 1 is 1.44 bits per heavy atom. The van der Waals surface area contributed by atoms with E-state index in [2.05, 4.69) is 10.3 Å². The third-order valence-electron chi connectivity index (χ3n) is 3.31.